The number of aryl methyl sites for hydroxylation is 1. The van der Waals surface area contributed by atoms with E-state index in [1.807, 2.05) is 31.3 Å². The zero-order valence-electron chi connectivity index (χ0n) is 20.5. The number of hydrogen-bond acceptors (Lipinski definition) is 8. The molecule has 0 atom stereocenters. The van der Waals surface area contributed by atoms with Crippen molar-refractivity contribution in [2.24, 2.45) is 7.05 Å². The number of ether oxygens (including phenoxy) is 2. The molecular formula is C26H24ClN7O4. The molecule has 3 aromatic heterocycles. The van der Waals surface area contributed by atoms with Crippen LogP contribution in [0.4, 0.5) is 17.6 Å². The highest BCUT2D eigenvalue weighted by Crippen LogP contribution is 2.31. The number of rotatable bonds is 11. The third-order valence-electron chi connectivity index (χ3n) is 5.83. The summed E-state index contributed by atoms with van der Waals surface area (Å²) < 4.78 is 14.8. The third kappa shape index (κ3) is 5.58. The number of halogens is 1. The number of para-hydroxylation sites is 1. The Morgan fingerprint density at radius 3 is 2.82 bits per heavy atom. The molecule has 1 N–H and O–H groups in total. The molecule has 5 aromatic rings. The number of anilines is 2. The van der Waals surface area contributed by atoms with Gasteiger partial charge in [0.1, 0.15) is 24.8 Å². The molecule has 0 aliphatic heterocycles. The molecule has 0 saturated carbocycles. The minimum atomic E-state index is -0.531. The lowest BCUT2D eigenvalue weighted by molar-refractivity contribution is -0.396. The molecule has 5 rings (SSSR count). The molecule has 3 heterocycles. The fourth-order valence-corrected chi connectivity index (χ4v) is 4.23. The van der Waals surface area contributed by atoms with Crippen LogP contribution >= 0.6 is 11.6 Å². The summed E-state index contributed by atoms with van der Waals surface area (Å²) in [6.45, 7) is 1.13. The first-order valence-corrected chi connectivity index (χ1v) is 12.2. The topological polar surface area (TPSA) is 122 Å². The van der Waals surface area contributed by atoms with Crippen molar-refractivity contribution < 1.29 is 14.4 Å². The standard InChI is InChI=1S/C26H24ClN7O4/c1-32-17-20(19-4-2-3-5-23(19)32)22-8-9-28-25(31-22)30-18-6-7-21(27)24(16-18)38-15-14-37-13-12-33-11-10-29-26(33)34(35)36/h2-11,16-17H,12-15H2,1H3,(H,28,30,31). The summed E-state index contributed by atoms with van der Waals surface area (Å²) in [6.07, 6.45) is 6.70. The van der Waals surface area contributed by atoms with Crippen molar-refractivity contribution in [3.8, 4) is 17.0 Å². The molecule has 12 heteroatoms. The lowest BCUT2D eigenvalue weighted by Gasteiger charge is -2.11. The van der Waals surface area contributed by atoms with Crippen LogP contribution in [-0.2, 0) is 18.3 Å². The van der Waals surface area contributed by atoms with Gasteiger partial charge in [0.15, 0.2) is 0 Å². The third-order valence-corrected chi connectivity index (χ3v) is 6.15. The first-order chi connectivity index (χ1) is 18.5. The molecule has 0 aliphatic carbocycles. The maximum atomic E-state index is 10.9. The fourth-order valence-electron chi connectivity index (χ4n) is 4.06. The number of aromatic nitrogens is 5. The van der Waals surface area contributed by atoms with Crippen LogP contribution < -0.4 is 10.1 Å². The van der Waals surface area contributed by atoms with E-state index in [-0.39, 0.29) is 25.8 Å². The summed E-state index contributed by atoms with van der Waals surface area (Å²) in [5, 5.41) is 15.7. The molecule has 0 radical (unpaired) electrons. The van der Waals surface area contributed by atoms with Crippen molar-refractivity contribution in [1.82, 2.24) is 24.1 Å². The average Bonchev–Trinajstić information content (AvgIpc) is 3.53. The van der Waals surface area contributed by atoms with Gasteiger partial charge in [-0.05, 0) is 29.2 Å². The maximum absolute atomic E-state index is 10.9. The number of hydrogen-bond donors (Lipinski definition) is 1. The summed E-state index contributed by atoms with van der Waals surface area (Å²) >= 11 is 6.32. The van der Waals surface area contributed by atoms with Gasteiger partial charge in [-0.3, -0.25) is 0 Å². The molecule has 0 aliphatic rings. The van der Waals surface area contributed by atoms with E-state index in [4.69, 9.17) is 26.1 Å². The van der Waals surface area contributed by atoms with Crippen molar-refractivity contribution in [1.29, 1.82) is 0 Å². The smallest absolute Gasteiger partial charge is 0.434 e. The number of nitrogens with one attached hydrogen (secondary N) is 1. The van der Waals surface area contributed by atoms with Crippen molar-refractivity contribution in [2.45, 2.75) is 6.54 Å². The molecule has 0 bridgehead atoms. The monoisotopic (exact) mass is 533 g/mol. The number of benzene rings is 2. The highest BCUT2D eigenvalue weighted by atomic mass is 35.5. The normalized spacial score (nSPS) is 11.1. The highest BCUT2D eigenvalue weighted by Gasteiger charge is 2.14. The lowest BCUT2D eigenvalue weighted by atomic mass is 10.1. The van der Waals surface area contributed by atoms with Crippen molar-refractivity contribution >= 4 is 40.1 Å². The maximum Gasteiger partial charge on any atom is 0.434 e. The molecule has 0 spiro atoms. The van der Waals surface area contributed by atoms with Gasteiger partial charge in [0, 0.05) is 47.7 Å². The Bertz CT molecular complexity index is 1580. The predicted molar refractivity (Wildman–Crippen MR) is 144 cm³/mol. The molecule has 0 unspecified atom stereocenters. The Morgan fingerprint density at radius 1 is 1.08 bits per heavy atom. The predicted octanol–water partition coefficient (Wildman–Crippen LogP) is 5.23. The van der Waals surface area contributed by atoms with Gasteiger partial charge in [-0.1, -0.05) is 34.8 Å². The number of imidazole rings is 1. The van der Waals surface area contributed by atoms with Gasteiger partial charge in [-0.2, -0.15) is 0 Å². The Kier molecular flexibility index (Phi) is 7.47. The molecule has 2 aromatic carbocycles. The van der Waals surface area contributed by atoms with Crippen molar-refractivity contribution in [3.05, 3.63) is 88.5 Å². The van der Waals surface area contributed by atoms with Crippen LogP contribution in [0.15, 0.2) is 73.3 Å². The Balaban J connectivity index is 1.18. The van der Waals surface area contributed by atoms with E-state index in [1.165, 1.54) is 17.0 Å². The summed E-state index contributed by atoms with van der Waals surface area (Å²) in [5.41, 5.74) is 3.68. The number of nitro groups is 1. The van der Waals surface area contributed by atoms with Crippen LogP contribution in [0.3, 0.4) is 0 Å². The molecule has 0 amide bonds. The van der Waals surface area contributed by atoms with Gasteiger partial charge in [0.25, 0.3) is 0 Å². The van der Waals surface area contributed by atoms with E-state index >= 15 is 0 Å². The molecule has 0 fully saturated rings. The van der Waals surface area contributed by atoms with Crippen molar-refractivity contribution in [3.63, 3.8) is 0 Å². The van der Waals surface area contributed by atoms with Crippen LogP contribution in [0.1, 0.15) is 0 Å². The SMILES string of the molecule is Cn1cc(-c2ccnc(Nc3ccc(Cl)c(OCCOCCn4ccnc4[N+](=O)[O-])c3)n2)c2ccccc21. The average molecular weight is 534 g/mol. The summed E-state index contributed by atoms with van der Waals surface area (Å²) in [7, 11) is 2.01. The van der Waals surface area contributed by atoms with E-state index in [9.17, 15) is 10.1 Å². The van der Waals surface area contributed by atoms with Gasteiger partial charge >= 0.3 is 5.95 Å². The number of fused-ring (bicyclic) bond motifs is 1. The first kappa shape index (κ1) is 25.2. The van der Waals surface area contributed by atoms with Gasteiger partial charge < -0.3 is 29.5 Å². The van der Waals surface area contributed by atoms with Gasteiger partial charge in [0.2, 0.25) is 5.95 Å². The van der Waals surface area contributed by atoms with Crippen LogP contribution in [0.2, 0.25) is 5.02 Å². The fraction of sp³-hybridized carbons (Fsp3) is 0.192. The largest absolute Gasteiger partial charge is 0.490 e. The van der Waals surface area contributed by atoms with Crippen LogP contribution in [0.5, 0.6) is 5.75 Å². The molecule has 11 nitrogen and oxygen atoms in total. The summed E-state index contributed by atoms with van der Waals surface area (Å²) in [4.78, 5) is 23.2. The van der Waals surface area contributed by atoms with E-state index in [1.54, 1.807) is 18.3 Å². The lowest BCUT2D eigenvalue weighted by Crippen LogP contribution is -2.12. The molecule has 194 valence electrons. The number of nitrogens with zero attached hydrogens (tertiary/aromatic N) is 6. The van der Waals surface area contributed by atoms with Crippen molar-refractivity contribution in [2.75, 3.05) is 25.1 Å². The highest BCUT2D eigenvalue weighted by molar-refractivity contribution is 6.32. The minimum Gasteiger partial charge on any atom is -0.490 e. The van der Waals surface area contributed by atoms with E-state index in [0.29, 0.717) is 29.0 Å². The van der Waals surface area contributed by atoms with E-state index in [2.05, 4.69) is 38.2 Å². The summed E-state index contributed by atoms with van der Waals surface area (Å²) in [5.74, 6) is 0.712. The quantitative estimate of drug-likeness (QED) is 0.139. The zero-order valence-corrected chi connectivity index (χ0v) is 21.2. The Hall–Kier alpha value is -4.48. The Labute approximate surface area is 222 Å². The van der Waals surface area contributed by atoms with E-state index in [0.717, 1.165) is 22.2 Å². The molecular weight excluding hydrogens is 510 g/mol. The molecule has 0 saturated heterocycles. The molecule has 38 heavy (non-hydrogen) atoms. The summed E-state index contributed by atoms with van der Waals surface area (Å²) in [6, 6.07) is 15.4. The second-order valence-electron chi connectivity index (χ2n) is 8.35. The van der Waals surface area contributed by atoms with Crippen LogP contribution in [0.25, 0.3) is 22.2 Å². The minimum absolute atomic E-state index is 0.215. The van der Waals surface area contributed by atoms with Gasteiger partial charge in [-0.25, -0.2) is 14.5 Å². The first-order valence-electron chi connectivity index (χ1n) is 11.8. The second kappa shape index (κ2) is 11.3. The van der Waals surface area contributed by atoms with Crippen LogP contribution in [-0.4, -0.2) is 48.8 Å². The zero-order chi connectivity index (χ0) is 26.5. The van der Waals surface area contributed by atoms with Crippen LogP contribution in [0, 0.1) is 10.1 Å². The van der Waals surface area contributed by atoms with Gasteiger partial charge in [-0.15, -0.1) is 0 Å². The van der Waals surface area contributed by atoms with E-state index < -0.39 is 4.92 Å². The Morgan fingerprint density at radius 2 is 1.95 bits per heavy atom. The second-order valence-corrected chi connectivity index (χ2v) is 8.75. The van der Waals surface area contributed by atoms with Gasteiger partial charge in [0.05, 0.1) is 30.5 Å².